The topological polar surface area (TPSA) is 162 Å². The number of aliphatic imine (C=N–C) groups is 1. The van der Waals surface area contributed by atoms with Crippen LogP contribution in [-0.2, 0) is 25.8 Å². The number of hydrogen-bond acceptors (Lipinski definition) is 9. The molecule has 2 aliphatic rings. The van der Waals surface area contributed by atoms with E-state index in [1.54, 1.807) is 24.3 Å². The summed E-state index contributed by atoms with van der Waals surface area (Å²) in [5.41, 5.74) is 1.61. The molecular weight excluding hydrogens is 456 g/mol. The summed E-state index contributed by atoms with van der Waals surface area (Å²) in [5, 5.41) is 21.1. The number of carboxylic acids is 1. The lowest BCUT2D eigenvalue weighted by atomic mass is 9.96. The second-order valence-corrected chi connectivity index (χ2v) is 8.65. The van der Waals surface area contributed by atoms with E-state index >= 15 is 0 Å². The molecule has 0 saturated carbocycles. The Labute approximate surface area is 204 Å². The van der Waals surface area contributed by atoms with E-state index in [4.69, 9.17) is 9.57 Å². The highest BCUT2D eigenvalue weighted by molar-refractivity contribution is 5.89. The number of ether oxygens (including phenoxy) is 1. The van der Waals surface area contributed by atoms with E-state index in [2.05, 4.69) is 31.7 Å². The van der Waals surface area contributed by atoms with Gasteiger partial charge in [-0.2, -0.15) is 5.48 Å². The number of amides is 2. The Kier molecular flexibility index (Phi) is 9.67. The van der Waals surface area contributed by atoms with E-state index in [1.165, 1.54) is 6.92 Å². The molecule has 6 N–H and O–H groups in total. The van der Waals surface area contributed by atoms with E-state index in [0.717, 1.165) is 50.4 Å². The zero-order chi connectivity index (χ0) is 25.1. The molecular formula is C23H34N6O6. The van der Waals surface area contributed by atoms with Crippen LogP contribution >= 0.6 is 0 Å². The predicted octanol–water partition coefficient (Wildman–Crippen LogP) is 0.601. The van der Waals surface area contributed by atoms with Crippen molar-refractivity contribution in [3.63, 3.8) is 0 Å². The molecule has 1 saturated heterocycles. The van der Waals surface area contributed by atoms with Gasteiger partial charge in [-0.3, -0.25) is 19.9 Å². The highest BCUT2D eigenvalue weighted by Gasteiger charge is 2.45. The van der Waals surface area contributed by atoms with Crippen molar-refractivity contribution in [2.24, 2.45) is 4.99 Å². The molecule has 2 amide bonds. The summed E-state index contributed by atoms with van der Waals surface area (Å²) in [6, 6.07) is 8.99. The zero-order valence-corrected chi connectivity index (χ0v) is 19.8. The van der Waals surface area contributed by atoms with Gasteiger partial charge in [0.25, 0.3) is 0 Å². The van der Waals surface area contributed by atoms with Crippen LogP contribution in [0.15, 0.2) is 35.3 Å². The van der Waals surface area contributed by atoms with Crippen molar-refractivity contribution in [3.05, 3.63) is 35.9 Å². The Morgan fingerprint density at radius 1 is 1.26 bits per heavy atom. The Bertz CT molecular complexity index is 898. The number of carbonyl (C=O) groups excluding carboxylic acids is 2. The maximum atomic E-state index is 12.4. The number of hydroxylamine groups is 1. The molecule has 3 unspecified atom stereocenters. The molecule has 2 aliphatic heterocycles. The summed E-state index contributed by atoms with van der Waals surface area (Å²) in [6.07, 6.45) is 1.52. The number of carbonyl (C=O) groups is 3. The zero-order valence-electron chi connectivity index (χ0n) is 19.8. The number of aliphatic carboxylic acids is 1. The van der Waals surface area contributed by atoms with Gasteiger partial charge in [0.2, 0.25) is 11.6 Å². The Morgan fingerprint density at radius 3 is 2.74 bits per heavy atom. The third-order valence-corrected chi connectivity index (χ3v) is 5.68. The number of benzene rings is 1. The van der Waals surface area contributed by atoms with Crippen LogP contribution in [0.2, 0.25) is 0 Å². The van der Waals surface area contributed by atoms with Crippen LogP contribution in [0.5, 0.6) is 0 Å². The average molecular weight is 491 g/mol. The van der Waals surface area contributed by atoms with E-state index in [0.29, 0.717) is 6.42 Å². The summed E-state index contributed by atoms with van der Waals surface area (Å²) in [5.74, 6) is -1.21. The lowest BCUT2D eigenvalue weighted by Gasteiger charge is -2.32. The molecule has 0 aromatic heterocycles. The molecule has 12 nitrogen and oxygen atoms in total. The summed E-state index contributed by atoms with van der Waals surface area (Å²) in [4.78, 5) is 46.4. The molecule has 1 aromatic rings. The first-order chi connectivity index (χ1) is 16.9. The molecule has 0 aliphatic carbocycles. The van der Waals surface area contributed by atoms with Gasteiger partial charge in [-0.15, -0.1) is 0 Å². The van der Waals surface area contributed by atoms with E-state index in [-0.39, 0.29) is 19.1 Å². The first-order valence-electron chi connectivity index (χ1n) is 11.8. The Morgan fingerprint density at radius 2 is 2.06 bits per heavy atom. The molecule has 192 valence electrons. The quantitative estimate of drug-likeness (QED) is 0.193. The molecule has 0 radical (unpaired) electrons. The largest absolute Gasteiger partial charge is 0.478 e. The second kappa shape index (κ2) is 12.9. The van der Waals surface area contributed by atoms with Crippen molar-refractivity contribution in [1.29, 1.82) is 0 Å². The lowest BCUT2D eigenvalue weighted by molar-refractivity contribution is -0.151. The molecule has 3 atom stereocenters. The van der Waals surface area contributed by atoms with E-state index in [1.807, 2.05) is 6.07 Å². The predicted molar refractivity (Wildman–Crippen MR) is 127 cm³/mol. The molecule has 3 rings (SSSR count). The van der Waals surface area contributed by atoms with Gasteiger partial charge in [0.1, 0.15) is 6.61 Å². The number of nitrogens with one attached hydrogen (secondary N) is 5. The fraction of sp³-hybridized carbons (Fsp3) is 0.565. The number of alkyl carbamates (subject to hydrolysis) is 1. The van der Waals surface area contributed by atoms with Crippen molar-refractivity contribution in [2.45, 2.75) is 63.4 Å². The van der Waals surface area contributed by atoms with Gasteiger partial charge in [0.15, 0.2) is 5.96 Å². The number of carboxylic acid groups (broad SMARTS) is 1. The van der Waals surface area contributed by atoms with Crippen LogP contribution in [0.1, 0.15) is 44.6 Å². The van der Waals surface area contributed by atoms with Gasteiger partial charge in [-0.25, -0.2) is 9.59 Å². The third kappa shape index (κ3) is 8.41. The lowest BCUT2D eigenvalue weighted by Crippen LogP contribution is -2.66. The molecule has 0 spiro atoms. The normalized spacial score (nSPS) is 21.1. The van der Waals surface area contributed by atoms with Crippen LogP contribution in [0.4, 0.5) is 4.79 Å². The molecule has 1 aromatic carbocycles. The minimum atomic E-state index is -2.08. The van der Waals surface area contributed by atoms with Crippen molar-refractivity contribution >= 4 is 23.9 Å². The van der Waals surface area contributed by atoms with Crippen LogP contribution in [0.3, 0.4) is 0 Å². The Balaban J connectivity index is 1.51. The third-order valence-electron chi connectivity index (χ3n) is 5.68. The van der Waals surface area contributed by atoms with Crippen molar-refractivity contribution < 1.29 is 29.1 Å². The summed E-state index contributed by atoms with van der Waals surface area (Å²) >= 11 is 0. The maximum absolute atomic E-state index is 12.4. The van der Waals surface area contributed by atoms with Gasteiger partial charge in [0.05, 0.1) is 6.10 Å². The highest BCUT2D eigenvalue weighted by Crippen LogP contribution is 2.23. The number of nitrogens with zero attached hydrogens (tertiary/aromatic N) is 1. The van der Waals surface area contributed by atoms with Crippen LogP contribution in [-0.4, -0.2) is 66.5 Å². The summed E-state index contributed by atoms with van der Waals surface area (Å²) < 4.78 is 5.17. The number of guanidine groups is 1. The molecule has 0 bridgehead atoms. The minimum Gasteiger partial charge on any atom is -0.478 e. The fourth-order valence-corrected chi connectivity index (χ4v) is 4.02. The van der Waals surface area contributed by atoms with Gasteiger partial charge in [-0.05, 0) is 31.2 Å². The van der Waals surface area contributed by atoms with Crippen molar-refractivity contribution in [2.75, 3.05) is 19.6 Å². The highest BCUT2D eigenvalue weighted by atomic mass is 16.7. The van der Waals surface area contributed by atoms with Crippen molar-refractivity contribution in [1.82, 2.24) is 26.7 Å². The van der Waals surface area contributed by atoms with Crippen LogP contribution in [0, 0.1) is 0 Å². The monoisotopic (exact) mass is 490 g/mol. The second-order valence-electron chi connectivity index (χ2n) is 8.65. The van der Waals surface area contributed by atoms with Gasteiger partial charge in [-0.1, -0.05) is 30.3 Å². The minimum absolute atomic E-state index is 0.0110. The van der Waals surface area contributed by atoms with E-state index < -0.39 is 29.7 Å². The van der Waals surface area contributed by atoms with Crippen LogP contribution in [0.25, 0.3) is 0 Å². The number of rotatable bonds is 11. The smallest absolute Gasteiger partial charge is 0.409 e. The summed E-state index contributed by atoms with van der Waals surface area (Å²) in [6.45, 7) is 3.63. The standard InChI is InChI=1S/C23H34N6O6/c1-16(30)27-23(20(31)32,28-22(33)34-15-17-7-3-2-4-8-17)14-19-13-18(29-35-19)9-5-10-24-21-25-11-6-12-26-21/h2-4,7-8,18-19,29H,5-6,9-15H2,1H3,(H,27,30)(H,28,33)(H,31,32)(H2,24,25,26). The SMILES string of the molecule is CC(=O)NC(CC1CC(CCCNC2=NCCCN2)NO1)(NC(=O)OCc1ccccc1)C(=O)O. The average Bonchev–Trinajstić information content (AvgIpc) is 3.28. The van der Waals surface area contributed by atoms with E-state index in [9.17, 15) is 19.5 Å². The maximum Gasteiger partial charge on any atom is 0.409 e. The number of hydrogen-bond donors (Lipinski definition) is 6. The van der Waals surface area contributed by atoms with Gasteiger partial charge >= 0.3 is 12.1 Å². The van der Waals surface area contributed by atoms with Gasteiger partial charge in [0, 0.05) is 39.0 Å². The first kappa shape index (κ1) is 26.2. The summed E-state index contributed by atoms with van der Waals surface area (Å²) in [7, 11) is 0. The molecule has 35 heavy (non-hydrogen) atoms. The molecule has 1 fully saturated rings. The van der Waals surface area contributed by atoms with Crippen molar-refractivity contribution in [3.8, 4) is 0 Å². The fourth-order valence-electron chi connectivity index (χ4n) is 4.02. The molecule has 2 heterocycles. The van der Waals surface area contributed by atoms with Crippen LogP contribution < -0.4 is 26.7 Å². The Hall–Kier alpha value is -3.38. The first-order valence-corrected chi connectivity index (χ1v) is 11.8. The molecule has 12 heteroatoms. The van der Waals surface area contributed by atoms with Gasteiger partial charge < -0.3 is 25.8 Å².